The number of carbonyl (C=O) groups excluding carboxylic acids is 1. The molecule has 0 fully saturated rings. The predicted molar refractivity (Wildman–Crippen MR) is 122 cm³/mol. The van der Waals surface area contributed by atoms with Crippen LogP contribution in [0.25, 0.3) is 0 Å². The highest BCUT2D eigenvalue weighted by Crippen LogP contribution is 2.25. The molecule has 3 aromatic carbocycles. The Labute approximate surface area is 191 Å². The third-order valence-electron chi connectivity index (χ3n) is 4.75. The van der Waals surface area contributed by atoms with Crippen LogP contribution in [0.5, 0.6) is 5.75 Å². The lowest BCUT2D eigenvalue weighted by atomic mass is 10.2. The van der Waals surface area contributed by atoms with Gasteiger partial charge in [-0.25, -0.2) is 12.8 Å². The smallest absolute Gasteiger partial charge is 0.243 e. The lowest BCUT2D eigenvalue weighted by Gasteiger charge is -2.23. The molecule has 0 heterocycles. The van der Waals surface area contributed by atoms with Crippen LogP contribution in [0.1, 0.15) is 11.1 Å². The highest BCUT2D eigenvalue weighted by molar-refractivity contribution is 7.89. The Morgan fingerprint density at radius 2 is 1.72 bits per heavy atom. The molecule has 0 atom stereocenters. The largest absolute Gasteiger partial charge is 0.497 e. The van der Waals surface area contributed by atoms with Gasteiger partial charge in [-0.15, -0.1) is 0 Å². The van der Waals surface area contributed by atoms with E-state index < -0.39 is 34.8 Å². The lowest BCUT2D eigenvalue weighted by molar-refractivity contribution is -0.116. The number of anilines is 1. The Hall–Kier alpha value is -2.94. The van der Waals surface area contributed by atoms with Gasteiger partial charge in [0.25, 0.3) is 0 Å². The van der Waals surface area contributed by atoms with Crippen LogP contribution in [-0.4, -0.2) is 32.3 Å². The zero-order valence-electron chi connectivity index (χ0n) is 17.5. The van der Waals surface area contributed by atoms with Crippen molar-refractivity contribution in [3.63, 3.8) is 0 Å². The van der Waals surface area contributed by atoms with Crippen molar-refractivity contribution in [2.24, 2.45) is 0 Å². The van der Waals surface area contributed by atoms with Crippen LogP contribution in [0.4, 0.5) is 10.1 Å². The van der Waals surface area contributed by atoms with Gasteiger partial charge in [0, 0.05) is 22.8 Å². The van der Waals surface area contributed by atoms with Crippen molar-refractivity contribution in [3.8, 4) is 5.75 Å². The van der Waals surface area contributed by atoms with Crippen molar-refractivity contribution in [2.45, 2.75) is 18.4 Å². The molecule has 3 rings (SSSR count). The number of carbonyl (C=O) groups is 1. The Bertz CT molecular complexity index is 1180. The predicted octanol–water partition coefficient (Wildman–Crippen LogP) is 4.63. The second-order valence-corrected chi connectivity index (χ2v) is 9.41. The highest BCUT2D eigenvalue weighted by Gasteiger charge is 2.28. The molecular weight excluding hydrogens is 455 g/mol. The van der Waals surface area contributed by atoms with E-state index >= 15 is 0 Å². The van der Waals surface area contributed by atoms with E-state index in [4.69, 9.17) is 16.3 Å². The molecule has 0 spiro atoms. The molecule has 3 aromatic rings. The van der Waals surface area contributed by atoms with Crippen molar-refractivity contribution < 1.29 is 22.3 Å². The van der Waals surface area contributed by atoms with Gasteiger partial charge in [-0.3, -0.25) is 4.79 Å². The Kier molecular flexibility index (Phi) is 7.50. The fraction of sp³-hybridized carbons (Fsp3) is 0.174. The zero-order valence-corrected chi connectivity index (χ0v) is 19.1. The standard InChI is InChI=1S/C23H22ClFN2O4S/c1-16-6-12-19(13-7-16)32(29,30)27(14-20-21(24)4-3-5-22(20)25)15-23(28)26-17-8-10-18(31-2)11-9-17/h3-13H,14-15H2,1-2H3,(H,26,28). The van der Waals surface area contributed by atoms with E-state index in [1.807, 2.05) is 6.92 Å². The number of amides is 1. The van der Waals surface area contributed by atoms with Crippen LogP contribution in [0.15, 0.2) is 71.6 Å². The van der Waals surface area contributed by atoms with Gasteiger partial charge in [0.2, 0.25) is 15.9 Å². The van der Waals surface area contributed by atoms with Crippen molar-refractivity contribution >= 4 is 33.2 Å². The van der Waals surface area contributed by atoms with Crippen molar-refractivity contribution in [2.75, 3.05) is 19.0 Å². The minimum atomic E-state index is -4.12. The Balaban J connectivity index is 1.90. The molecular formula is C23H22ClFN2O4S. The van der Waals surface area contributed by atoms with E-state index in [0.717, 1.165) is 9.87 Å². The molecule has 168 valence electrons. The van der Waals surface area contributed by atoms with Gasteiger partial charge >= 0.3 is 0 Å². The van der Waals surface area contributed by atoms with E-state index in [-0.39, 0.29) is 15.5 Å². The third-order valence-corrected chi connectivity index (χ3v) is 6.91. The van der Waals surface area contributed by atoms with E-state index in [9.17, 15) is 17.6 Å². The molecule has 0 aliphatic rings. The third kappa shape index (κ3) is 5.64. The average molecular weight is 477 g/mol. The van der Waals surface area contributed by atoms with Gasteiger partial charge in [-0.05, 0) is 55.5 Å². The summed E-state index contributed by atoms with van der Waals surface area (Å²) in [7, 11) is -2.60. The lowest BCUT2D eigenvalue weighted by Crippen LogP contribution is -2.37. The number of sulfonamides is 1. The molecule has 0 aromatic heterocycles. The molecule has 0 aliphatic heterocycles. The quantitative estimate of drug-likeness (QED) is 0.514. The molecule has 0 radical (unpaired) electrons. The van der Waals surface area contributed by atoms with Crippen molar-refractivity contribution in [3.05, 3.63) is 88.7 Å². The van der Waals surface area contributed by atoms with Crippen LogP contribution in [0.2, 0.25) is 5.02 Å². The van der Waals surface area contributed by atoms with Crippen LogP contribution in [0.3, 0.4) is 0 Å². The van der Waals surface area contributed by atoms with Gasteiger partial charge in [0.15, 0.2) is 0 Å². The second-order valence-electron chi connectivity index (χ2n) is 7.06. The number of benzene rings is 3. The maximum atomic E-state index is 14.4. The fourth-order valence-electron chi connectivity index (χ4n) is 2.98. The minimum Gasteiger partial charge on any atom is -0.497 e. The molecule has 1 amide bonds. The average Bonchev–Trinajstić information content (AvgIpc) is 2.76. The summed E-state index contributed by atoms with van der Waals surface area (Å²) in [6.07, 6.45) is 0. The second kappa shape index (κ2) is 10.1. The summed E-state index contributed by atoms with van der Waals surface area (Å²) in [5.41, 5.74) is 1.33. The van der Waals surface area contributed by atoms with Crippen LogP contribution >= 0.6 is 11.6 Å². The van der Waals surface area contributed by atoms with E-state index in [1.54, 1.807) is 36.4 Å². The van der Waals surface area contributed by atoms with Crippen LogP contribution < -0.4 is 10.1 Å². The van der Waals surface area contributed by atoms with Gasteiger partial charge < -0.3 is 10.1 Å². The maximum absolute atomic E-state index is 14.4. The van der Waals surface area contributed by atoms with Crippen molar-refractivity contribution in [1.29, 1.82) is 0 Å². The molecule has 32 heavy (non-hydrogen) atoms. The van der Waals surface area contributed by atoms with Gasteiger partial charge in [-0.2, -0.15) is 4.31 Å². The molecule has 0 unspecified atom stereocenters. The summed E-state index contributed by atoms with van der Waals surface area (Å²) in [5, 5.41) is 2.72. The Morgan fingerprint density at radius 3 is 2.31 bits per heavy atom. The number of halogens is 2. The summed E-state index contributed by atoms with van der Waals surface area (Å²) in [5.74, 6) is -0.628. The highest BCUT2D eigenvalue weighted by atomic mass is 35.5. The number of nitrogens with one attached hydrogen (secondary N) is 1. The number of nitrogens with zero attached hydrogens (tertiary/aromatic N) is 1. The minimum absolute atomic E-state index is 0.00666. The summed E-state index contributed by atoms with van der Waals surface area (Å²) < 4.78 is 47.0. The SMILES string of the molecule is COc1ccc(NC(=O)CN(Cc2c(F)cccc2Cl)S(=O)(=O)c2ccc(C)cc2)cc1. The fourth-order valence-corrected chi connectivity index (χ4v) is 4.57. The molecule has 1 N–H and O–H groups in total. The molecule has 9 heteroatoms. The number of hydrogen-bond donors (Lipinski definition) is 1. The number of methoxy groups -OCH3 is 1. The van der Waals surface area contributed by atoms with E-state index in [0.29, 0.717) is 11.4 Å². The van der Waals surface area contributed by atoms with Crippen molar-refractivity contribution in [1.82, 2.24) is 4.31 Å². The molecule has 0 bridgehead atoms. The van der Waals surface area contributed by atoms with E-state index in [1.165, 1.54) is 37.4 Å². The van der Waals surface area contributed by atoms with E-state index in [2.05, 4.69) is 5.32 Å². The van der Waals surface area contributed by atoms with Crippen LogP contribution in [0, 0.1) is 12.7 Å². The monoisotopic (exact) mass is 476 g/mol. The zero-order chi connectivity index (χ0) is 23.3. The molecule has 0 saturated carbocycles. The van der Waals surface area contributed by atoms with Gasteiger partial charge in [-0.1, -0.05) is 35.4 Å². The Morgan fingerprint density at radius 1 is 1.06 bits per heavy atom. The topological polar surface area (TPSA) is 75.7 Å². The number of aryl methyl sites for hydroxylation is 1. The molecule has 0 aliphatic carbocycles. The number of ether oxygens (including phenoxy) is 1. The maximum Gasteiger partial charge on any atom is 0.243 e. The first-order valence-corrected chi connectivity index (χ1v) is 11.5. The summed E-state index contributed by atoms with van der Waals surface area (Å²) in [6.45, 7) is 0.889. The first kappa shape index (κ1) is 23.7. The normalized spacial score (nSPS) is 11.4. The first-order valence-electron chi connectivity index (χ1n) is 9.64. The number of rotatable bonds is 8. The first-order chi connectivity index (χ1) is 15.2. The number of hydrogen-bond acceptors (Lipinski definition) is 4. The summed E-state index contributed by atoms with van der Waals surface area (Å²) >= 11 is 6.11. The van der Waals surface area contributed by atoms with Crippen LogP contribution in [-0.2, 0) is 21.4 Å². The van der Waals surface area contributed by atoms with Gasteiger partial charge in [0.1, 0.15) is 11.6 Å². The van der Waals surface area contributed by atoms with Gasteiger partial charge in [0.05, 0.1) is 18.6 Å². The summed E-state index contributed by atoms with van der Waals surface area (Å²) in [4.78, 5) is 12.7. The molecule has 0 saturated heterocycles. The summed E-state index contributed by atoms with van der Waals surface area (Å²) in [6, 6.07) is 16.9. The molecule has 6 nitrogen and oxygen atoms in total.